The Balaban J connectivity index is 2.12. The molecule has 2 atom stereocenters. The van der Waals surface area contributed by atoms with Crippen molar-refractivity contribution < 1.29 is 4.74 Å². The van der Waals surface area contributed by atoms with Crippen molar-refractivity contribution in [2.75, 3.05) is 13.2 Å². The largest absolute Gasteiger partial charge is 0.374 e. The lowest BCUT2D eigenvalue weighted by molar-refractivity contribution is -0.0118. The molecule has 1 N–H and O–H groups in total. The third-order valence-corrected chi connectivity index (χ3v) is 4.43. The van der Waals surface area contributed by atoms with Crippen LogP contribution in [0.3, 0.4) is 0 Å². The van der Waals surface area contributed by atoms with E-state index < -0.39 is 0 Å². The zero-order chi connectivity index (χ0) is 14.6. The molecule has 0 radical (unpaired) electrons. The first-order valence-electron chi connectivity index (χ1n) is 7.98. The molecule has 1 fully saturated rings. The van der Waals surface area contributed by atoms with E-state index in [1.54, 1.807) is 0 Å². The summed E-state index contributed by atoms with van der Waals surface area (Å²) in [4.78, 5) is 0. The molecule has 0 spiro atoms. The summed E-state index contributed by atoms with van der Waals surface area (Å²) in [5, 5.41) is 8.25. The summed E-state index contributed by atoms with van der Waals surface area (Å²) in [6, 6.07) is 2.60. The molecule has 20 heavy (non-hydrogen) atoms. The van der Waals surface area contributed by atoms with Crippen molar-refractivity contribution in [3.8, 4) is 0 Å². The zero-order valence-corrected chi connectivity index (χ0v) is 13.4. The van der Waals surface area contributed by atoms with Gasteiger partial charge in [-0.15, -0.1) is 0 Å². The van der Waals surface area contributed by atoms with Crippen molar-refractivity contribution >= 4 is 0 Å². The Morgan fingerprint density at radius 2 is 2.30 bits per heavy atom. The molecule has 0 aromatic carbocycles. The van der Waals surface area contributed by atoms with E-state index in [-0.39, 0.29) is 5.60 Å². The van der Waals surface area contributed by atoms with Crippen molar-refractivity contribution in [3.63, 3.8) is 0 Å². The maximum absolute atomic E-state index is 6.05. The lowest BCUT2D eigenvalue weighted by atomic mass is 9.89. The quantitative estimate of drug-likeness (QED) is 0.833. The van der Waals surface area contributed by atoms with Crippen LogP contribution in [-0.4, -0.2) is 34.6 Å². The number of hydrogen-bond donors (Lipinski definition) is 1. The lowest BCUT2D eigenvalue weighted by Gasteiger charge is -2.34. The van der Waals surface area contributed by atoms with Gasteiger partial charge in [0.2, 0.25) is 0 Å². The first-order valence-corrected chi connectivity index (χ1v) is 7.98. The molecule has 114 valence electrons. The van der Waals surface area contributed by atoms with Gasteiger partial charge in [-0.05, 0) is 45.2 Å². The maximum atomic E-state index is 6.05. The molecule has 4 nitrogen and oxygen atoms in total. The van der Waals surface area contributed by atoms with E-state index in [1.165, 1.54) is 17.8 Å². The molecule has 1 aromatic heterocycles. The smallest absolute Gasteiger partial charge is 0.0811 e. The Hall–Kier alpha value is -0.870. The van der Waals surface area contributed by atoms with E-state index in [9.17, 15) is 0 Å². The van der Waals surface area contributed by atoms with Crippen LogP contribution in [0.2, 0.25) is 0 Å². The van der Waals surface area contributed by atoms with Crippen LogP contribution in [0.25, 0.3) is 0 Å². The summed E-state index contributed by atoms with van der Waals surface area (Å²) >= 11 is 0. The minimum absolute atomic E-state index is 0.0359. The first kappa shape index (κ1) is 15.5. The fraction of sp³-hybridized carbons (Fsp3) is 0.812. The molecule has 4 heteroatoms. The van der Waals surface area contributed by atoms with Crippen LogP contribution in [0, 0.1) is 0 Å². The van der Waals surface area contributed by atoms with Gasteiger partial charge in [0.1, 0.15) is 0 Å². The second-order valence-electron chi connectivity index (χ2n) is 6.08. The van der Waals surface area contributed by atoms with Gasteiger partial charge < -0.3 is 10.1 Å². The minimum atomic E-state index is -0.0359. The molecule has 1 aliphatic heterocycles. The number of nitrogens with zero attached hydrogens (tertiary/aromatic N) is 2. The fourth-order valence-electron chi connectivity index (χ4n) is 3.04. The molecule has 0 aliphatic carbocycles. The number of ether oxygens (including phenoxy) is 1. The number of aromatic nitrogens is 2. The lowest BCUT2D eigenvalue weighted by Crippen LogP contribution is -2.50. The average molecular weight is 279 g/mol. The summed E-state index contributed by atoms with van der Waals surface area (Å²) in [7, 11) is 2.04. The van der Waals surface area contributed by atoms with Gasteiger partial charge in [0.15, 0.2) is 0 Å². The normalized spacial score (nSPS) is 24.2. The van der Waals surface area contributed by atoms with Gasteiger partial charge in [0, 0.05) is 31.8 Å². The first-order chi connectivity index (χ1) is 9.59. The van der Waals surface area contributed by atoms with E-state index in [4.69, 9.17) is 4.74 Å². The average Bonchev–Trinajstić information content (AvgIpc) is 3.02. The van der Waals surface area contributed by atoms with Crippen molar-refractivity contribution in [3.05, 3.63) is 17.5 Å². The summed E-state index contributed by atoms with van der Waals surface area (Å²) in [6.07, 6.45) is 5.45. The second kappa shape index (κ2) is 6.72. The molecule has 1 aliphatic rings. The highest BCUT2D eigenvalue weighted by molar-refractivity contribution is 5.13. The third kappa shape index (κ3) is 3.41. The molecular weight excluding hydrogens is 250 g/mol. The van der Waals surface area contributed by atoms with Gasteiger partial charge >= 0.3 is 0 Å². The summed E-state index contributed by atoms with van der Waals surface area (Å²) in [6.45, 7) is 8.56. The van der Waals surface area contributed by atoms with E-state index in [0.717, 1.165) is 38.8 Å². The van der Waals surface area contributed by atoms with Crippen molar-refractivity contribution in [2.45, 2.75) is 64.5 Å². The van der Waals surface area contributed by atoms with Crippen LogP contribution in [0.15, 0.2) is 6.07 Å². The van der Waals surface area contributed by atoms with Crippen molar-refractivity contribution in [2.24, 2.45) is 7.05 Å². The Bertz CT molecular complexity index is 421. The molecule has 0 saturated carbocycles. The highest BCUT2D eigenvalue weighted by Crippen LogP contribution is 2.30. The van der Waals surface area contributed by atoms with E-state index in [1.807, 2.05) is 11.7 Å². The molecule has 1 saturated heterocycles. The van der Waals surface area contributed by atoms with Gasteiger partial charge in [0.05, 0.1) is 11.3 Å². The van der Waals surface area contributed by atoms with Crippen LogP contribution in [0.4, 0.5) is 0 Å². The van der Waals surface area contributed by atoms with Gasteiger partial charge in [-0.1, -0.05) is 13.8 Å². The molecular formula is C16H29N3O. The minimum Gasteiger partial charge on any atom is -0.374 e. The van der Waals surface area contributed by atoms with E-state index in [2.05, 4.69) is 37.3 Å². The molecule has 2 heterocycles. The summed E-state index contributed by atoms with van der Waals surface area (Å²) < 4.78 is 8.08. The number of rotatable bonds is 7. The van der Waals surface area contributed by atoms with Crippen LogP contribution in [0.5, 0.6) is 0 Å². The molecule has 2 unspecified atom stereocenters. The predicted octanol–water partition coefficient (Wildman–Crippen LogP) is 2.46. The second-order valence-corrected chi connectivity index (χ2v) is 6.08. The maximum Gasteiger partial charge on any atom is 0.0811 e. The van der Waals surface area contributed by atoms with Crippen molar-refractivity contribution in [1.29, 1.82) is 0 Å². The highest BCUT2D eigenvalue weighted by atomic mass is 16.5. The molecule has 0 amide bonds. The van der Waals surface area contributed by atoms with Gasteiger partial charge in [-0.3, -0.25) is 4.68 Å². The Labute approximate surface area is 122 Å². The Morgan fingerprint density at radius 3 is 2.85 bits per heavy atom. The Kier molecular flexibility index (Phi) is 5.22. The van der Waals surface area contributed by atoms with E-state index >= 15 is 0 Å². The van der Waals surface area contributed by atoms with Crippen molar-refractivity contribution in [1.82, 2.24) is 15.1 Å². The van der Waals surface area contributed by atoms with Crippen LogP contribution >= 0.6 is 0 Å². The predicted molar refractivity (Wildman–Crippen MR) is 82.0 cm³/mol. The van der Waals surface area contributed by atoms with Crippen LogP contribution in [0.1, 0.15) is 51.4 Å². The third-order valence-electron chi connectivity index (χ3n) is 4.43. The zero-order valence-electron chi connectivity index (χ0n) is 13.4. The number of nitrogens with one attached hydrogen (secondary N) is 1. The number of hydrogen-bond acceptors (Lipinski definition) is 3. The fourth-order valence-corrected chi connectivity index (χ4v) is 3.04. The molecule has 1 aromatic rings. The van der Waals surface area contributed by atoms with Crippen LogP contribution in [-0.2, 0) is 24.6 Å². The summed E-state index contributed by atoms with van der Waals surface area (Å²) in [5.74, 6) is 0. The highest BCUT2D eigenvalue weighted by Gasteiger charge is 2.38. The number of aryl methyl sites for hydroxylation is 2. The molecule has 0 bridgehead atoms. The standard InChI is InChI=1S/C16H29N3O/c1-5-9-17-15(16(3)8-7-10-20-16)12-14-11-13(6-2)18-19(14)4/h11,15,17H,5-10,12H2,1-4H3. The van der Waals surface area contributed by atoms with E-state index in [0.29, 0.717) is 6.04 Å². The monoisotopic (exact) mass is 279 g/mol. The Morgan fingerprint density at radius 1 is 1.50 bits per heavy atom. The van der Waals surface area contributed by atoms with Gasteiger partial charge in [-0.25, -0.2) is 0 Å². The van der Waals surface area contributed by atoms with Gasteiger partial charge in [0.25, 0.3) is 0 Å². The molecule has 2 rings (SSSR count). The van der Waals surface area contributed by atoms with Gasteiger partial charge in [-0.2, -0.15) is 5.10 Å². The van der Waals surface area contributed by atoms with Crippen LogP contribution < -0.4 is 5.32 Å². The SMILES string of the molecule is CCCNC(Cc1cc(CC)nn1C)C1(C)CCCO1. The summed E-state index contributed by atoms with van der Waals surface area (Å²) in [5.41, 5.74) is 2.44. The topological polar surface area (TPSA) is 39.1 Å².